The summed E-state index contributed by atoms with van der Waals surface area (Å²) in [6.45, 7) is 1.91. The van der Waals surface area contributed by atoms with Gasteiger partial charge in [0.15, 0.2) is 0 Å². The predicted octanol–water partition coefficient (Wildman–Crippen LogP) is 4.70. The summed E-state index contributed by atoms with van der Waals surface area (Å²) >= 11 is 6.16. The second-order valence-corrected chi connectivity index (χ2v) is 6.85. The first-order valence-corrected chi connectivity index (χ1v) is 9.58. The molecule has 3 rings (SSSR count). The van der Waals surface area contributed by atoms with Crippen molar-refractivity contribution in [2.75, 3.05) is 12.4 Å². The van der Waals surface area contributed by atoms with E-state index < -0.39 is 18.1 Å². The molecule has 2 N–H and O–H groups in total. The van der Waals surface area contributed by atoms with Crippen LogP contribution in [0.5, 0.6) is 5.75 Å². The zero-order chi connectivity index (χ0) is 21.5. The van der Waals surface area contributed by atoms with Crippen molar-refractivity contribution in [3.63, 3.8) is 0 Å². The minimum Gasteiger partial charge on any atom is -0.423 e. The van der Waals surface area contributed by atoms with E-state index in [2.05, 4.69) is 10.6 Å². The number of carbonyl (C=O) groups excluding carboxylic acids is 2. The number of benzene rings is 3. The van der Waals surface area contributed by atoms with Crippen molar-refractivity contribution >= 4 is 34.9 Å². The molecule has 0 saturated carbocycles. The Labute approximate surface area is 179 Å². The largest absolute Gasteiger partial charge is 0.423 e. The van der Waals surface area contributed by atoms with Crippen molar-refractivity contribution in [2.45, 2.75) is 13.2 Å². The molecule has 1 unspecified atom stereocenters. The molecule has 30 heavy (non-hydrogen) atoms. The highest BCUT2D eigenvalue weighted by Gasteiger charge is 2.23. The number of nitrogens with one attached hydrogen (secondary N) is 2. The number of rotatable bonds is 7. The number of methoxy groups -OCH3 is 1. The number of ether oxygens (including phenoxy) is 2. The van der Waals surface area contributed by atoms with Crippen LogP contribution in [0.25, 0.3) is 0 Å². The standard InChI is InChI=1S/C23H21ClN2O4/c1-15-19(24)12-7-13-20(15)25-17-9-6-8-16(14-17)21(27)26-22(29-2)23(28)30-18-10-4-3-5-11-18/h3-14,22,25H,1-2H3,(H,26,27). The number of hydrogen-bond donors (Lipinski definition) is 2. The van der Waals surface area contributed by atoms with E-state index >= 15 is 0 Å². The highest BCUT2D eigenvalue weighted by atomic mass is 35.5. The summed E-state index contributed by atoms with van der Waals surface area (Å²) in [5.74, 6) is -0.832. The van der Waals surface area contributed by atoms with Crippen LogP contribution in [0.1, 0.15) is 15.9 Å². The molecule has 0 saturated heterocycles. The maximum Gasteiger partial charge on any atom is 0.361 e. The molecule has 0 aliphatic rings. The van der Waals surface area contributed by atoms with Gasteiger partial charge in [0.1, 0.15) is 5.75 Å². The summed E-state index contributed by atoms with van der Waals surface area (Å²) in [6, 6.07) is 21.0. The van der Waals surface area contributed by atoms with Gasteiger partial charge in [-0.05, 0) is 55.0 Å². The smallest absolute Gasteiger partial charge is 0.361 e. The lowest BCUT2D eigenvalue weighted by atomic mass is 10.1. The van der Waals surface area contributed by atoms with E-state index in [1.165, 1.54) is 7.11 Å². The Morgan fingerprint density at radius 1 is 0.967 bits per heavy atom. The number of anilines is 2. The van der Waals surface area contributed by atoms with Crippen LogP contribution in [0, 0.1) is 6.92 Å². The minimum atomic E-state index is -1.25. The topological polar surface area (TPSA) is 76.7 Å². The van der Waals surface area contributed by atoms with Gasteiger partial charge in [-0.15, -0.1) is 0 Å². The second-order valence-electron chi connectivity index (χ2n) is 6.44. The van der Waals surface area contributed by atoms with Crippen LogP contribution in [0.3, 0.4) is 0 Å². The summed E-state index contributed by atoms with van der Waals surface area (Å²) < 4.78 is 10.3. The fourth-order valence-electron chi connectivity index (χ4n) is 2.71. The Morgan fingerprint density at radius 3 is 2.43 bits per heavy atom. The first kappa shape index (κ1) is 21.4. The fraction of sp³-hybridized carbons (Fsp3) is 0.130. The summed E-state index contributed by atoms with van der Waals surface area (Å²) in [6.07, 6.45) is -1.25. The number of carbonyl (C=O) groups is 2. The molecule has 0 heterocycles. The van der Waals surface area contributed by atoms with Crippen molar-refractivity contribution in [1.29, 1.82) is 0 Å². The molecular weight excluding hydrogens is 404 g/mol. The molecule has 0 radical (unpaired) electrons. The highest BCUT2D eigenvalue weighted by Crippen LogP contribution is 2.26. The van der Waals surface area contributed by atoms with Gasteiger partial charge in [-0.2, -0.15) is 0 Å². The molecule has 0 bridgehead atoms. The highest BCUT2D eigenvalue weighted by molar-refractivity contribution is 6.31. The van der Waals surface area contributed by atoms with Crippen LogP contribution >= 0.6 is 11.6 Å². The number of para-hydroxylation sites is 1. The van der Waals surface area contributed by atoms with Gasteiger partial charge in [0, 0.05) is 29.1 Å². The lowest BCUT2D eigenvalue weighted by Gasteiger charge is -2.16. The molecule has 7 heteroatoms. The maximum absolute atomic E-state index is 12.6. The molecular formula is C23H21ClN2O4. The second kappa shape index (κ2) is 9.91. The third-order valence-electron chi connectivity index (χ3n) is 4.35. The van der Waals surface area contributed by atoms with Crippen molar-refractivity contribution in [2.24, 2.45) is 0 Å². The van der Waals surface area contributed by atoms with Crippen LogP contribution < -0.4 is 15.4 Å². The zero-order valence-corrected chi connectivity index (χ0v) is 17.3. The van der Waals surface area contributed by atoms with Crippen LogP contribution in [-0.2, 0) is 9.53 Å². The third kappa shape index (κ3) is 5.37. The molecule has 1 amide bonds. The summed E-state index contributed by atoms with van der Waals surface area (Å²) in [5, 5.41) is 6.42. The lowest BCUT2D eigenvalue weighted by molar-refractivity contribution is -0.146. The molecule has 0 fully saturated rings. The third-order valence-corrected chi connectivity index (χ3v) is 4.75. The summed E-state index contributed by atoms with van der Waals surface area (Å²) in [4.78, 5) is 25.0. The average Bonchev–Trinajstić information content (AvgIpc) is 2.76. The van der Waals surface area contributed by atoms with E-state index in [4.69, 9.17) is 21.1 Å². The number of hydrogen-bond acceptors (Lipinski definition) is 5. The first-order chi connectivity index (χ1) is 14.5. The normalized spacial score (nSPS) is 11.4. The monoisotopic (exact) mass is 424 g/mol. The quantitative estimate of drug-likeness (QED) is 0.326. The van der Waals surface area contributed by atoms with E-state index in [0.717, 1.165) is 11.3 Å². The Bertz CT molecular complexity index is 1040. The number of halogens is 1. The van der Waals surface area contributed by atoms with Gasteiger partial charge in [-0.25, -0.2) is 4.79 Å². The molecule has 3 aromatic carbocycles. The molecule has 1 atom stereocenters. The van der Waals surface area contributed by atoms with Gasteiger partial charge in [-0.3, -0.25) is 4.79 Å². The molecule has 0 spiro atoms. The fourth-order valence-corrected chi connectivity index (χ4v) is 2.89. The van der Waals surface area contributed by atoms with Gasteiger partial charge in [0.05, 0.1) is 0 Å². The minimum absolute atomic E-state index is 0.356. The lowest BCUT2D eigenvalue weighted by Crippen LogP contribution is -2.44. The van der Waals surface area contributed by atoms with Gasteiger partial charge in [0.2, 0.25) is 6.23 Å². The summed E-state index contributed by atoms with van der Waals surface area (Å²) in [7, 11) is 1.32. The van der Waals surface area contributed by atoms with Gasteiger partial charge >= 0.3 is 5.97 Å². The molecule has 0 aliphatic carbocycles. The molecule has 6 nitrogen and oxygen atoms in total. The Hall–Kier alpha value is -3.35. The van der Waals surface area contributed by atoms with Crippen LogP contribution in [0.2, 0.25) is 5.02 Å². The van der Waals surface area contributed by atoms with Crippen LogP contribution in [0.15, 0.2) is 72.8 Å². The number of amides is 1. The van der Waals surface area contributed by atoms with Gasteiger partial charge < -0.3 is 20.1 Å². The SMILES string of the molecule is COC(NC(=O)c1cccc(Nc2cccc(Cl)c2C)c1)C(=O)Oc1ccccc1. The molecule has 0 aliphatic heterocycles. The first-order valence-electron chi connectivity index (χ1n) is 9.20. The van der Waals surface area contributed by atoms with Crippen molar-refractivity contribution < 1.29 is 19.1 Å². The molecule has 3 aromatic rings. The predicted molar refractivity (Wildman–Crippen MR) is 116 cm³/mol. The zero-order valence-electron chi connectivity index (χ0n) is 16.5. The van der Waals surface area contributed by atoms with E-state index in [0.29, 0.717) is 22.0 Å². The summed E-state index contributed by atoms with van der Waals surface area (Å²) in [5.41, 5.74) is 2.79. The van der Waals surface area contributed by atoms with E-state index in [9.17, 15) is 9.59 Å². The van der Waals surface area contributed by atoms with E-state index in [1.807, 2.05) is 31.2 Å². The Balaban J connectivity index is 1.69. The maximum atomic E-state index is 12.6. The Morgan fingerprint density at radius 2 is 1.70 bits per heavy atom. The molecule has 0 aromatic heterocycles. The average molecular weight is 425 g/mol. The Kier molecular flexibility index (Phi) is 7.06. The number of esters is 1. The van der Waals surface area contributed by atoms with Crippen LogP contribution in [-0.4, -0.2) is 25.2 Å². The van der Waals surface area contributed by atoms with Gasteiger partial charge in [-0.1, -0.05) is 41.9 Å². The van der Waals surface area contributed by atoms with Crippen molar-refractivity contribution in [1.82, 2.24) is 5.32 Å². The van der Waals surface area contributed by atoms with E-state index in [-0.39, 0.29) is 0 Å². The van der Waals surface area contributed by atoms with Gasteiger partial charge in [0.25, 0.3) is 5.91 Å². The molecule has 154 valence electrons. The van der Waals surface area contributed by atoms with Crippen molar-refractivity contribution in [3.05, 3.63) is 88.9 Å². The van der Waals surface area contributed by atoms with Crippen molar-refractivity contribution in [3.8, 4) is 5.75 Å². The van der Waals surface area contributed by atoms with E-state index in [1.54, 1.807) is 48.5 Å². The van der Waals surface area contributed by atoms with Crippen LogP contribution in [0.4, 0.5) is 11.4 Å².